The maximum atomic E-state index is 13.3. The van der Waals surface area contributed by atoms with E-state index >= 15 is 0 Å². The fraction of sp³-hybridized carbons (Fsp3) is 0.176. The third-order valence-corrected chi connectivity index (χ3v) is 3.72. The van der Waals surface area contributed by atoms with Gasteiger partial charge in [-0.25, -0.2) is 4.39 Å². The van der Waals surface area contributed by atoms with Gasteiger partial charge in [0, 0.05) is 16.5 Å². The first-order valence-electron chi connectivity index (χ1n) is 7.30. The Labute approximate surface area is 143 Å². The Morgan fingerprint density at radius 2 is 2.04 bits per heavy atom. The van der Waals surface area contributed by atoms with Crippen LogP contribution in [0.1, 0.15) is 6.92 Å². The van der Waals surface area contributed by atoms with Crippen LogP contribution in [-0.4, -0.2) is 23.9 Å². The maximum absolute atomic E-state index is 13.3. The molecule has 124 valence electrons. The first kappa shape index (κ1) is 16.3. The van der Waals surface area contributed by atoms with E-state index in [0.29, 0.717) is 29.6 Å². The molecule has 5 nitrogen and oxygen atoms in total. The fourth-order valence-electron chi connectivity index (χ4n) is 2.32. The number of benzene rings is 2. The van der Waals surface area contributed by atoms with E-state index < -0.39 is 5.82 Å². The van der Waals surface area contributed by atoms with E-state index in [-0.39, 0.29) is 5.02 Å². The van der Waals surface area contributed by atoms with E-state index in [2.05, 4.69) is 15.5 Å². The Hall–Kier alpha value is -2.60. The van der Waals surface area contributed by atoms with Gasteiger partial charge in [-0.1, -0.05) is 11.6 Å². The second-order valence-electron chi connectivity index (χ2n) is 4.97. The minimum absolute atomic E-state index is 0.0323. The molecule has 1 heterocycles. The maximum Gasteiger partial charge on any atom is 0.161 e. The molecule has 0 saturated heterocycles. The molecule has 1 aromatic heterocycles. The SMILES string of the molecule is CCOc1cc2c(Nc3ccc(F)c(Cl)c3)nncc2cc1OC. The van der Waals surface area contributed by atoms with Crippen LogP contribution in [0.5, 0.6) is 11.5 Å². The summed E-state index contributed by atoms with van der Waals surface area (Å²) in [7, 11) is 1.58. The third kappa shape index (κ3) is 3.19. The number of rotatable bonds is 5. The van der Waals surface area contributed by atoms with Gasteiger partial charge in [-0.2, -0.15) is 5.10 Å². The molecule has 0 aliphatic rings. The summed E-state index contributed by atoms with van der Waals surface area (Å²) in [5.74, 6) is 1.27. The van der Waals surface area contributed by atoms with Crippen LogP contribution in [0.2, 0.25) is 5.02 Å². The summed E-state index contributed by atoms with van der Waals surface area (Å²) in [4.78, 5) is 0. The number of hydrogen-bond donors (Lipinski definition) is 1. The summed E-state index contributed by atoms with van der Waals surface area (Å²) in [5, 5.41) is 12.9. The quantitative estimate of drug-likeness (QED) is 0.732. The Balaban J connectivity index is 2.06. The topological polar surface area (TPSA) is 56.3 Å². The number of fused-ring (bicyclic) bond motifs is 1. The highest BCUT2D eigenvalue weighted by molar-refractivity contribution is 6.31. The first-order chi connectivity index (χ1) is 11.6. The van der Waals surface area contributed by atoms with E-state index in [9.17, 15) is 4.39 Å². The van der Waals surface area contributed by atoms with Crippen LogP contribution in [0.3, 0.4) is 0 Å². The number of anilines is 2. The highest BCUT2D eigenvalue weighted by atomic mass is 35.5. The van der Waals surface area contributed by atoms with Crippen molar-refractivity contribution in [2.45, 2.75) is 6.92 Å². The summed E-state index contributed by atoms with van der Waals surface area (Å²) >= 11 is 5.82. The molecule has 0 saturated carbocycles. The Morgan fingerprint density at radius 3 is 2.75 bits per heavy atom. The van der Waals surface area contributed by atoms with Crippen LogP contribution >= 0.6 is 11.6 Å². The molecule has 7 heteroatoms. The van der Waals surface area contributed by atoms with Crippen LogP contribution < -0.4 is 14.8 Å². The molecule has 0 bridgehead atoms. The molecule has 0 spiro atoms. The van der Waals surface area contributed by atoms with Crippen molar-refractivity contribution in [2.75, 3.05) is 19.0 Å². The van der Waals surface area contributed by atoms with Gasteiger partial charge >= 0.3 is 0 Å². The van der Waals surface area contributed by atoms with Gasteiger partial charge in [-0.3, -0.25) is 0 Å². The first-order valence-corrected chi connectivity index (χ1v) is 7.68. The number of halogens is 2. The third-order valence-electron chi connectivity index (χ3n) is 3.43. The molecule has 0 aliphatic heterocycles. The second kappa shape index (κ2) is 6.88. The van der Waals surface area contributed by atoms with Crippen LogP contribution in [0.15, 0.2) is 36.5 Å². The van der Waals surface area contributed by atoms with Crippen molar-refractivity contribution in [3.8, 4) is 11.5 Å². The van der Waals surface area contributed by atoms with Gasteiger partial charge in [-0.15, -0.1) is 5.10 Å². The average Bonchev–Trinajstić information content (AvgIpc) is 2.58. The minimum Gasteiger partial charge on any atom is -0.493 e. The molecular weight excluding hydrogens is 333 g/mol. The van der Waals surface area contributed by atoms with E-state index in [1.807, 2.05) is 19.1 Å². The van der Waals surface area contributed by atoms with E-state index in [1.54, 1.807) is 19.4 Å². The number of nitrogens with zero attached hydrogens (tertiary/aromatic N) is 2. The Kier molecular flexibility index (Phi) is 4.66. The molecule has 3 rings (SSSR count). The van der Waals surface area contributed by atoms with Crippen molar-refractivity contribution in [1.29, 1.82) is 0 Å². The van der Waals surface area contributed by atoms with Crippen molar-refractivity contribution in [2.24, 2.45) is 0 Å². The van der Waals surface area contributed by atoms with Crippen molar-refractivity contribution in [3.63, 3.8) is 0 Å². The monoisotopic (exact) mass is 347 g/mol. The van der Waals surface area contributed by atoms with Gasteiger partial charge in [0.15, 0.2) is 17.3 Å². The summed E-state index contributed by atoms with van der Waals surface area (Å²) in [5.41, 5.74) is 0.608. The lowest BCUT2D eigenvalue weighted by Gasteiger charge is -2.13. The zero-order valence-electron chi connectivity index (χ0n) is 13.1. The van der Waals surface area contributed by atoms with Crippen LogP contribution in [-0.2, 0) is 0 Å². The number of hydrogen-bond acceptors (Lipinski definition) is 5. The zero-order valence-corrected chi connectivity index (χ0v) is 13.9. The predicted molar refractivity (Wildman–Crippen MR) is 92.0 cm³/mol. The molecule has 1 N–H and O–H groups in total. The van der Waals surface area contributed by atoms with Crippen LogP contribution in [0.25, 0.3) is 10.8 Å². The molecule has 3 aromatic rings. The number of nitrogens with one attached hydrogen (secondary N) is 1. The van der Waals surface area contributed by atoms with Crippen LogP contribution in [0, 0.1) is 5.82 Å². The standard InChI is InChI=1S/C17H15ClFN3O2/c1-3-24-16-8-12-10(6-15(16)23-2)9-20-22-17(12)21-11-4-5-14(19)13(18)7-11/h4-9H,3H2,1-2H3,(H,21,22). The molecule has 2 aromatic carbocycles. The fourth-order valence-corrected chi connectivity index (χ4v) is 2.50. The van der Waals surface area contributed by atoms with Crippen molar-refractivity contribution >= 4 is 33.9 Å². The molecule has 24 heavy (non-hydrogen) atoms. The van der Waals surface area contributed by atoms with Crippen molar-refractivity contribution in [1.82, 2.24) is 10.2 Å². The number of methoxy groups -OCH3 is 1. The highest BCUT2D eigenvalue weighted by Gasteiger charge is 2.12. The smallest absolute Gasteiger partial charge is 0.161 e. The van der Waals surface area contributed by atoms with E-state index in [1.165, 1.54) is 12.1 Å². The molecular formula is C17H15ClFN3O2. The zero-order chi connectivity index (χ0) is 17.1. The normalized spacial score (nSPS) is 10.7. The predicted octanol–water partition coefficient (Wildman–Crippen LogP) is 4.57. The summed E-state index contributed by atoms with van der Waals surface area (Å²) in [6, 6.07) is 8.02. The lowest BCUT2D eigenvalue weighted by molar-refractivity contribution is 0.311. The van der Waals surface area contributed by atoms with Gasteiger partial charge in [-0.05, 0) is 37.3 Å². The van der Waals surface area contributed by atoms with Crippen LogP contribution in [0.4, 0.5) is 15.9 Å². The summed E-state index contributed by atoms with van der Waals surface area (Å²) in [6.07, 6.45) is 1.64. The largest absolute Gasteiger partial charge is 0.493 e. The minimum atomic E-state index is -0.477. The van der Waals surface area contributed by atoms with E-state index in [4.69, 9.17) is 21.1 Å². The molecule has 0 amide bonds. The highest BCUT2D eigenvalue weighted by Crippen LogP contribution is 2.35. The number of ether oxygens (including phenoxy) is 2. The molecule has 0 fully saturated rings. The van der Waals surface area contributed by atoms with Crippen molar-refractivity contribution < 1.29 is 13.9 Å². The Morgan fingerprint density at radius 1 is 1.21 bits per heavy atom. The molecule has 0 atom stereocenters. The Bertz CT molecular complexity index is 889. The molecule has 0 unspecified atom stereocenters. The van der Waals surface area contributed by atoms with E-state index in [0.717, 1.165) is 10.8 Å². The lowest BCUT2D eigenvalue weighted by atomic mass is 10.1. The van der Waals surface area contributed by atoms with Crippen molar-refractivity contribution in [3.05, 3.63) is 47.4 Å². The average molecular weight is 348 g/mol. The summed E-state index contributed by atoms with van der Waals surface area (Å²) < 4.78 is 24.2. The summed E-state index contributed by atoms with van der Waals surface area (Å²) in [6.45, 7) is 2.41. The second-order valence-corrected chi connectivity index (χ2v) is 5.38. The molecule has 0 radical (unpaired) electrons. The van der Waals surface area contributed by atoms with Gasteiger partial charge in [0.05, 0.1) is 24.9 Å². The number of aromatic nitrogens is 2. The molecule has 0 aliphatic carbocycles. The van der Waals surface area contributed by atoms with Gasteiger partial charge in [0.25, 0.3) is 0 Å². The lowest BCUT2D eigenvalue weighted by Crippen LogP contribution is -1.99. The van der Waals surface area contributed by atoms with Gasteiger partial charge in [0.1, 0.15) is 5.82 Å². The van der Waals surface area contributed by atoms with Gasteiger partial charge in [0.2, 0.25) is 0 Å². The van der Waals surface area contributed by atoms with Gasteiger partial charge < -0.3 is 14.8 Å².